The van der Waals surface area contributed by atoms with E-state index in [1.54, 1.807) is 13.8 Å². The van der Waals surface area contributed by atoms with Gasteiger partial charge < -0.3 is 4.74 Å². The molecule has 0 bridgehead atoms. The van der Waals surface area contributed by atoms with Crippen LogP contribution in [0.25, 0.3) is 0 Å². The topological polar surface area (TPSA) is 26.3 Å². The Kier molecular flexibility index (Phi) is 11.7. The summed E-state index contributed by atoms with van der Waals surface area (Å²) in [6, 6.07) is 0. The van der Waals surface area contributed by atoms with Crippen LogP contribution >= 0.6 is 11.8 Å². The molecule has 0 amide bonds. The third-order valence-electron chi connectivity index (χ3n) is 3.28. The Bertz CT molecular complexity index is 353. The molecule has 0 aliphatic heterocycles. The highest BCUT2D eigenvalue weighted by Gasteiger charge is 2.45. The number of unbranched alkanes of at least 4 members (excludes halogenated alkanes) is 2. The van der Waals surface area contributed by atoms with E-state index in [2.05, 4.69) is 0 Å². The van der Waals surface area contributed by atoms with Crippen LogP contribution in [0.5, 0.6) is 0 Å². The molecule has 2 nitrogen and oxygen atoms in total. The van der Waals surface area contributed by atoms with E-state index in [4.69, 9.17) is 4.74 Å². The molecular weight excluding hydrogens is 351 g/mol. The molecule has 0 aromatic heterocycles. The zero-order valence-electron chi connectivity index (χ0n) is 14.4. The van der Waals surface area contributed by atoms with Crippen LogP contribution in [0.4, 0.5) is 22.0 Å². The fourth-order valence-electron chi connectivity index (χ4n) is 2.01. The monoisotopic (exact) mass is 378 g/mol. The number of alkyl halides is 5. The molecule has 0 saturated heterocycles. The first-order valence-electron chi connectivity index (χ1n) is 8.24. The van der Waals surface area contributed by atoms with Crippen molar-refractivity contribution in [3.63, 3.8) is 0 Å². The van der Waals surface area contributed by atoms with E-state index < -0.39 is 36.2 Å². The van der Waals surface area contributed by atoms with Gasteiger partial charge >= 0.3 is 5.97 Å². The minimum atomic E-state index is -4.05. The van der Waals surface area contributed by atoms with Crippen molar-refractivity contribution >= 4 is 17.7 Å². The summed E-state index contributed by atoms with van der Waals surface area (Å²) in [6.07, 6.45) is -5.22. The summed E-state index contributed by atoms with van der Waals surface area (Å²) in [6.45, 7) is 5.46. The first-order chi connectivity index (χ1) is 11.1. The lowest BCUT2D eigenvalue weighted by Gasteiger charge is -2.21. The van der Waals surface area contributed by atoms with Crippen LogP contribution in [0.3, 0.4) is 0 Å². The van der Waals surface area contributed by atoms with E-state index in [1.807, 2.05) is 6.92 Å². The molecule has 0 aliphatic carbocycles. The highest BCUT2D eigenvalue weighted by molar-refractivity contribution is 8.00. The van der Waals surface area contributed by atoms with Gasteiger partial charge in [0.2, 0.25) is 6.17 Å². The number of ether oxygens (including phenoxy) is 1. The van der Waals surface area contributed by atoms with Crippen molar-refractivity contribution in [3.8, 4) is 0 Å². The first kappa shape index (κ1) is 23.5. The van der Waals surface area contributed by atoms with Gasteiger partial charge in [0.05, 0.1) is 6.10 Å². The number of rotatable bonds is 13. The van der Waals surface area contributed by atoms with Gasteiger partial charge in [-0.05, 0) is 32.4 Å². The van der Waals surface area contributed by atoms with Crippen LogP contribution < -0.4 is 0 Å². The van der Waals surface area contributed by atoms with E-state index >= 15 is 0 Å². The van der Waals surface area contributed by atoms with Gasteiger partial charge in [0.15, 0.2) is 0 Å². The summed E-state index contributed by atoms with van der Waals surface area (Å²) < 4.78 is 68.4. The van der Waals surface area contributed by atoms with Crippen molar-refractivity contribution in [1.29, 1.82) is 0 Å². The molecule has 0 radical (unpaired) electrons. The summed E-state index contributed by atoms with van der Waals surface area (Å²) in [5.41, 5.74) is 0. The molecule has 0 spiro atoms. The van der Waals surface area contributed by atoms with E-state index in [9.17, 15) is 26.7 Å². The third kappa shape index (κ3) is 9.69. The molecule has 0 rings (SSSR count). The van der Waals surface area contributed by atoms with Crippen LogP contribution in [0, 0.1) is 0 Å². The number of carbonyl (C=O) groups is 1. The maximum absolute atomic E-state index is 13.2. The van der Waals surface area contributed by atoms with E-state index in [-0.39, 0.29) is 18.3 Å². The molecular formula is C16H27F5O2S. The molecule has 144 valence electrons. The third-order valence-corrected chi connectivity index (χ3v) is 4.64. The minimum Gasteiger partial charge on any atom is -0.462 e. The van der Waals surface area contributed by atoms with Crippen LogP contribution in [0.15, 0.2) is 0 Å². The van der Waals surface area contributed by atoms with Crippen LogP contribution in [0.1, 0.15) is 59.3 Å². The van der Waals surface area contributed by atoms with Gasteiger partial charge in [-0.25, -0.2) is 22.0 Å². The highest BCUT2D eigenvalue weighted by Crippen LogP contribution is 2.32. The zero-order chi connectivity index (χ0) is 18.8. The lowest BCUT2D eigenvalue weighted by atomic mass is 10.1. The van der Waals surface area contributed by atoms with Gasteiger partial charge in [-0.15, -0.1) is 11.8 Å². The molecule has 0 aromatic rings. The van der Waals surface area contributed by atoms with Gasteiger partial charge in [0.1, 0.15) is 5.25 Å². The SMILES string of the molecule is CCCCCC(SCCCC(F)(F)C(F)C(F)F)C(=O)OC(C)C. The summed E-state index contributed by atoms with van der Waals surface area (Å²) in [5, 5.41) is -0.469. The number of carbonyl (C=O) groups excluding carboxylic acids is 1. The maximum atomic E-state index is 13.2. The molecule has 0 N–H and O–H groups in total. The molecule has 0 heterocycles. The molecule has 8 heteroatoms. The number of halogens is 5. The predicted molar refractivity (Wildman–Crippen MR) is 86.7 cm³/mol. The Morgan fingerprint density at radius 1 is 1.12 bits per heavy atom. The van der Waals surface area contributed by atoms with Crippen LogP contribution in [-0.4, -0.2) is 41.6 Å². The summed E-state index contributed by atoms with van der Waals surface area (Å²) in [7, 11) is 0. The average molecular weight is 378 g/mol. The quantitative estimate of drug-likeness (QED) is 0.236. The molecule has 24 heavy (non-hydrogen) atoms. The normalized spacial score (nSPS) is 14.9. The van der Waals surface area contributed by atoms with Crippen molar-refractivity contribution in [2.45, 2.75) is 89.2 Å². The van der Waals surface area contributed by atoms with Gasteiger partial charge in [-0.2, -0.15) is 0 Å². The Balaban J connectivity index is 4.37. The number of thioether (sulfide) groups is 1. The highest BCUT2D eigenvalue weighted by atomic mass is 32.2. The summed E-state index contributed by atoms with van der Waals surface area (Å²) in [4.78, 5) is 12.0. The van der Waals surface area contributed by atoms with Crippen LogP contribution in [-0.2, 0) is 9.53 Å². The van der Waals surface area contributed by atoms with Crippen molar-refractivity contribution in [2.75, 3.05) is 5.75 Å². The summed E-state index contributed by atoms with van der Waals surface area (Å²) >= 11 is 1.17. The average Bonchev–Trinajstić information content (AvgIpc) is 2.47. The zero-order valence-corrected chi connectivity index (χ0v) is 15.2. The molecule has 2 unspecified atom stereocenters. The molecule has 2 atom stereocenters. The molecule has 0 saturated carbocycles. The van der Waals surface area contributed by atoms with Gasteiger partial charge in [0, 0.05) is 6.42 Å². The molecule has 0 aliphatic rings. The Morgan fingerprint density at radius 3 is 2.25 bits per heavy atom. The predicted octanol–water partition coefficient (Wildman–Crippen LogP) is 5.64. The standard InChI is InChI=1S/C16H27F5O2S/c1-4-5-6-8-12(15(22)23-11(2)3)24-10-7-9-16(20,21)13(17)14(18)19/h11-14H,4-10H2,1-3H3. The van der Waals surface area contributed by atoms with E-state index in [0.29, 0.717) is 6.42 Å². The fourth-order valence-corrected chi connectivity index (χ4v) is 3.13. The second-order valence-electron chi connectivity index (χ2n) is 5.94. The Morgan fingerprint density at radius 2 is 1.75 bits per heavy atom. The summed E-state index contributed by atoms with van der Waals surface area (Å²) in [5.74, 6) is -4.28. The minimum absolute atomic E-state index is 0.149. The van der Waals surface area contributed by atoms with Crippen molar-refractivity contribution in [3.05, 3.63) is 0 Å². The van der Waals surface area contributed by atoms with Gasteiger partial charge in [0.25, 0.3) is 12.3 Å². The second kappa shape index (κ2) is 11.9. The lowest BCUT2D eigenvalue weighted by molar-refractivity contribution is -0.146. The molecule has 0 aromatic carbocycles. The number of esters is 1. The number of hydrogen-bond donors (Lipinski definition) is 0. The maximum Gasteiger partial charge on any atom is 0.319 e. The van der Waals surface area contributed by atoms with Gasteiger partial charge in [-0.3, -0.25) is 4.79 Å². The van der Waals surface area contributed by atoms with Crippen molar-refractivity contribution < 1.29 is 31.5 Å². The fraction of sp³-hybridized carbons (Fsp3) is 0.938. The van der Waals surface area contributed by atoms with Gasteiger partial charge in [-0.1, -0.05) is 26.2 Å². The number of hydrogen-bond acceptors (Lipinski definition) is 3. The molecule has 0 fully saturated rings. The van der Waals surface area contributed by atoms with Crippen molar-refractivity contribution in [1.82, 2.24) is 0 Å². The Labute approximate surface area is 144 Å². The smallest absolute Gasteiger partial charge is 0.319 e. The lowest BCUT2D eigenvalue weighted by Crippen LogP contribution is -2.35. The first-order valence-corrected chi connectivity index (χ1v) is 9.28. The van der Waals surface area contributed by atoms with Crippen molar-refractivity contribution in [2.24, 2.45) is 0 Å². The van der Waals surface area contributed by atoms with Crippen LogP contribution in [0.2, 0.25) is 0 Å². The van der Waals surface area contributed by atoms with E-state index in [1.165, 1.54) is 11.8 Å². The van der Waals surface area contributed by atoms with E-state index in [0.717, 1.165) is 19.3 Å². The Hall–Kier alpha value is -0.530. The second-order valence-corrected chi connectivity index (χ2v) is 7.25. The largest absolute Gasteiger partial charge is 0.462 e.